The lowest BCUT2D eigenvalue weighted by atomic mass is 10.1. The lowest BCUT2D eigenvalue weighted by Gasteiger charge is -2.06. The van der Waals surface area contributed by atoms with E-state index in [9.17, 15) is 0 Å². The highest BCUT2D eigenvalue weighted by Crippen LogP contribution is 2.28. The van der Waals surface area contributed by atoms with Crippen LogP contribution in [-0.2, 0) is 0 Å². The maximum Gasteiger partial charge on any atom is 0.159 e. The van der Waals surface area contributed by atoms with Crippen LogP contribution in [-0.4, -0.2) is 22.3 Å². The van der Waals surface area contributed by atoms with E-state index >= 15 is 0 Å². The third-order valence-corrected chi connectivity index (χ3v) is 1.90. The van der Waals surface area contributed by atoms with E-state index in [4.69, 9.17) is 10.5 Å². The van der Waals surface area contributed by atoms with Crippen LogP contribution >= 0.6 is 0 Å². The van der Waals surface area contributed by atoms with E-state index in [1.54, 1.807) is 19.2 Å². The number of aromatic amines is 1. The fraction of sp³-hybridized carbons (Fsp3) is 0.111. The second-order valence-electron chi connectivity index (χ2n) is 2.79. The maximum absolute atomic E-state index is 5.63. The summed E-state index contributed by atoms with van der Waals surface area (Å²) in [7, 11) is 1.59. The minimum Gasteiger partial charge on any atom is -0.496 e. The highest BCUT2D eigenvalue weighted by atomic mass is 16.5. The first kappa shape index (κ1) is 8.55. The smallest absolute Gasteiger partial charge is 0.159 e. The Morgan fingerprint density at radius 3 is 2.93 bits per heavy atom. The number of hydrogen-bond donors (Lipinski definition) is 2. The summed E-state index contributed by atoms with van der Waals surface area (Å²) in [4.78, 5) is 4.04. The number of ether oxygens (including phenoxy) is 1. The zero-order valence-corrected chi connectivity index (χ0v) is 7.69. The molecule has 0 atom stereocenters. The zero-order chi connectivity index (χ0) is 9.97. The second-order valence-corrected chi connectivity index (χ2v) is 2.79. The van der Waals surface area contributed by atoms with E-state index in [1.165, 1.54) is 6.33 Å². The number of nitrogens with two attached hydrogens (primary N) is 1. The second kappa shape index (κ2) is 3.37. The van der Waals surface area contributed by atoms with Crippen molar-refractivity contribution in [3.05, 3.63) is 24.5 Å². The van der Waals surface area contributed by atoms with Crippen molar-refractivity contribution in [2.45, 2.75) is 0 Å². The van der Waals surface area contributed by atoms with Crippen LogP contribution in [0.2, 0.25) is 0 Å². The third kappa shape index (κ3) is 1.39. The molecule has 2 aromatic rings. The number of methoxy groups -OCH3 is 1. The van der Waals surface area contributed by atoms with Crippen molar-refractivity contribution in [2.75, 3.05) is 12.8 Å². The molecule has 1 aromatic carbocycles. The molecule has 72 valence electrons. The number of nitrogens with zero attached hydrogens (tertiary/aromatic N) is 2. The number of H-pyrrole nitrogens is 1. The highest BCUT2D eigenvalue weighted by molar-refractivity contribution is 5.67. The van der Waals surface area contributed by atoms with Gasteiger partial charge in [0.2, 0.25) is 0 Å². The normalized spacial score (nSPS) is 10.1. The number of rotatable bonds is 2. The van der Waals surface area contributed by atoms with Crippen molar-refractivity contribution in [3.63, 3.8) is 0 Å². The van der Waals surface area contributed by atoms with Gasteiger partial charge in [-0.15, -0.1) is 0 Å². The van der Waals surface area contributed by atoms with Crippen LogP contribution in [0, 0.1) is 0 Å². The fourth-order valence-electron chi connectivity index (χ4n) is 1.24. The summed E-state index contributed by atoms with van der Waals surface area (Å²) in [5.74, 6) is 1.35. The summed E-state index contributed by atoms with van der Waals surface area (Å²) in [6, 6.07) is 5.38. The topological polar surface area (TPSA) is 76.8 Å². The predicted molar refractivity (Wildman–Crippen MR) is 52.8 cm³/mol. The molecule has 0 radical (unpaired) electrons. The summed E-state index contributed by atoms with van der Waals surface area (Å²) < 4.78 is 5.18. The number of nitrogen functional groups attached to an aromatic ring is 1. The Morgan fingerprint density at radius 1 is 1.43 bits per heavy atom. The van der Waals surface area contributed by atoms with Gasteiger partial charge < -0.3 is 10.5 Å². The summed E-state index contributed by atoms with van der Waals surface area (Å²) in [6.07, 6.45) is 1.45. The fourth-order valence-corrected chi connectivity index (χ4v) is 1.24. The van der Waals surface area contributed by atoms with E-state index in [-0.39, 0.29) is 0 Å². The Bertz CT molecular complexity index is 424. The molecule has 0 bridgehead atoms. The Kier molecular flexibility index (Phi) is 2.06. The number of anilines is 1. The molecule has 0 aliphatic heterocycles. The number of nitrogens with one attached hydrogen (secondary N) is 1. The Hall–Kier alpha value is -2.04. The van der Waals surface area contributed by atoms with Crippen LogP contribution < -0.4 is 10.5 Å². The molecule has 2 rings (SSSR count). The number of benzene rings is 1. The van der Waals surface area contributed by atoms with E-state index in [0.717, 1.165) is 5.56 Å². The van der Waals surface area contributed by atoms with Crippen molar-refractivity contribution in [1.29, 1.82) is 0 Å². The quantitative estimate of drug-likeness (QED) is 0.694. The van der Waals surface area contributed by atoms with E-state index in [2.05, 4.69) is 15.2 Å². The molecule has 1 heterocycles. The third-order valence-electron chi connectivity index (χ3n) is 1.90. The number of hydrogen-bond acceptors (Lipinski definition) is 4. The highest BCUT2D eigenvalue weighted by Gasteiger charge is 2.07. The van der Waals surface area contributed by atoms with Gasteiger partial charge in [0.15, 0.2) is 5.82 Å². The monoisotopic (exact) mass is 190 g/mol. The summed E-state index contributed by atoms with van der Waals surface area (Å²) in [5.41, 5.74) is 7.13. The van der Waals surface area contributed by atoms with Gasteiger partial charge in [-0.25, -0.2) is 4.98 Å². The van der Waals surface area contributed by atoms with Crippen molar-refractivity contribution >= 4 is 5.69 Å². The molecule has 0 aliphatic carbocycles. The van der Waals surface area contributed by atoms with Crippen molar-refractivity contribution < 1.29 is 4.74 Å². The van der Waals surface area contributed by atoms with Crippen molar-refractivity contribution in [3.8, 4) is 17.1 Å². The molecule has 0 unspecified atom stereocenters. The molecule has 0 saturated carbocycles. The van der Waals surface area contributed by atoms with Gasteiger partial charge in [-0.3, -0.25) is 5.10 Å². The first-order chi connectivity index (χ1) is 6.81. The summed E-state index contributed by atoms with van der Waals surface area (Å²) in [5, 5.41) is 6.54. The largest absolute Gasteiger partial charge is 0.496 e. The van der Waals surface area contributed by atoms with E-state index < -0.39 is 0 Å². The molecule has 0 spiro atoms. The molecular weight excluding hydrogens is 180 g/mol. The van der Waals surface area contributed by atoms with Crippen LogP contribution in [0.1, 0.15) is 0 Å². The first-order valence-electron chi connectivity index (χ1n) is 4.10. The van der Waals surface area contributed by atoms with Gasteiger partial charge in [-0.2, -0.15) is 5.10 Å². The molecule has 0 saturated heterocycles. The minimum atomic E-state index is 0.658. The number of aromatic nitrogens is 3. The Morgan fingerprint density at radius 2 is 2.29 bits per heavy atom. The molecule has 3 N–H and O–H groups in total. The van der Waals surface area contributed by atoms with Gasteiger partial charge in [0, 0.05) is 11.8 Å². The Balaban J connectivity index is 2.53. The summed E-state index contributed by atoms with van der Waals surface area (Å²) >= 11 is 0. The standard InChI is InChI=1S/C9H10N4O/c1-14-8-4-6(10)2-3-7(8)9-11-5-12-13-9/h2-5H,10H2,1H3,(H,11,12,13). The van der Waals surface area contributed by atoms with Gasteiger partial charge in [0.25, 0.3) is 0 Å². The van der Waals surface area contributed by atoms with Crippen LogP contribution in [0.25, 0.3) is 11.4 Å². The molecule has 0 fully saturated rings. The van der Waals surface area contributed by atoms with Crippen molar-refractivity contribution in [1.82, 2.24) is 15.2 Å². The maximum atomic E-state index is 5.63. The molecule has 5 nitrogen and oxygen atoms in total. The molecule has 1 aromatic heterocycles. The minimum absolute atomic E-state index is 0.658. The molecule has 0 amide bonds. The van der Waals surface area contributed by atoms with Gasteiger partial charge in [0.05, 0.1) is 12.7 Å². The average Bonchev–Trinajstić information content (AvgIpc) is 2.70. The molecule has 14 heavy (non-hydrogen) atoms. The predicted octanol–water partition coefficient (Wildman–Crippen LogP) is 1.06. The molecule has 0 aliphatic rings. The Labute approximate surface area is 80.9 Å². The van der Waals surface area contributed by atoms with E-state index in [0.29, 0.717) is 17.3 Å². The summed E-state index contributed by atoms with van der Waals surface area (Å²) in [6.45, 7) is 0. The average molecular weight is 190 g/mol. The van der Waals surface area contributed by atoms with Crippen molar-refractivity contribution in [2.24, 2.45) is 0 Å². The van der Waals surface area contributed by atoms with Crippen LogP contribution in [0.15, 0.2) is 24.5 Å². The van der Waals surface area contributed by atoms with Gasteiger partial charge in [-0.05, 0) is 12.1 Å². The molecular formula is C9H10N4O. The zero-order valence-electron chi connectivity index (χ0n) is 7.69. The lowest BCUT2D eigenvalue weighted by molar-refractivity contribution is 0.416. The van der Waals surface area contributed by atoms with Crippen LogP contribution in [0.4, 0.5) is 5.69 Å². The van der Waals surface area contributed by atoms with Gasteiger partial charge in [-0.1, -0.05) is 0 Å². The lowest BCUT2D eigenvalue weighted by Crippen LogP contribution is -1.92. The van der Waals surface area contributed by atoms with Gasteiger partial charge in [0.1, 0.15) is 12.1 Å². The SMILES string of the molecule is COc1cc(N)ccc1-c1ncn[nH]1. The van der Waals surface area contributed by atoms with E-state index in [1.807, 2.05) is 6.07 Å². The molecule has 5 heteroatoms. The van der Waals surface area contributed by atoms with Crippen LogP contribution in [0.5, 0.6) is 5.75 Å². The van der Waals surface area contributed by atoms with Crippen LogP contribution in [0.3, 0.4) is 0 Å². The van der Waals surface area contributed by atoms with Gasteiger partial charge >= 0.3 is 0 Å². The first-order valence-corrected chi connectivity index (χ1v) is 4.10.